The number of rotatable bonds is 5. The smallest absolute Gasteiger partial charge is 0.0609 e. The zero-order chi connectivity index (χ0) is 11.8. The third kappa shape index (κ3) is 3.56. The van der Waals surface area contributed by atoms with E-state index < -0.39 is 0 Å². The fourth-order valence-electron chi connectivity index (χ4n) is 1.65. The summed E-state index contributed by atoms with van der Waals surface area (Å²) in [5.41, 5.74) is 1.32. The maximum atomic E-state index is 3.79. The van der Waals surface area contributed by atoms with Crippen molar-refractivity contribution in [2.24, 2.45) is 0 Å². The molecule has 0 N–H and O–H groups in total. The Morgan fingerprint density at radius 1 is 1.38 bits per heavy atom. The van der Waals surface area contributed by atoms with Gasteiger partial charge in [0.2, 0.25) is 0 Å². The van der Waals surface area contributed by atoms with E-state index in [0.717, 1.165) is 13.1 Å². The highest BCUT2D eigenvalue weighted by molar-refractivity contribution is 5.19. The van der Waals surface area contributed by atoms with Crippen LogP contribution in [-0.4, -0.2) is 18.0 Å². The molecule has 1 aromatic carbocycles. The van der Waals surface area contributed by atoms with Crippen molar-refractivity contribution < 1.29 is 0 Å². The van der Waals surface area contributed by atoms with Gasteiger partial charge in [-0.15, -0.1) is 12.5 Å². The third-order valence-corrected chi connectivity index (χ3v) is 2.65. The quantitative estimate of drug-likeness (QED) is 0.536. The minimum atomic E-state index is 0.375. The molecular formula is C15H19N. The molecule has 16 heavy (non-hydrogen) atoms. The highest BCUT2D eigenvalue weighted by atomic mass is 15.1. The summed E-state index contributed by atoms with van der Waals surface area (Å²) in [6.45, 7) is 9.53. The second-order valence-corrected chi connectivity index (χ2v) is 3.73. The minimum Gasteiger partial charge on any atom is -0.282 e. The topological polar surface area (TPSA) is 3.24 Å². The van der Waals surface area contributed by atoms with E-state index in [4.69, 9.17) is 0 Å². The predicted octanol–water partition coefficient (Wildman–Crippen LogP) is 3.26. The molecule has 0 aliphatic rings. The first-order valence-corrected chi connectivity index (χ1v) is 5.59. The van der Waals surface area contributed by atoms with E-state index >= 15 is 0 Å². The van der Waals surface area contributed by atoms with Crippen LogP contribution in [0.5, 0.6) is 0 Å². The molecule has 0 aliphatic carbocycles. The van der Waals surface area contributed by atoms with Crippen LogP contribution >= 0.6 is 0 Å². The summed E-state index contributed by atoms with van der Waals surface area (Å²) in [6, 6.07) is 10.9. The first kappa shape index (κ1) is 12.5. The van der Waals surface area contributed by atoms with Crippen molar-refractivity contribution in [3.63, 3.8) is 0 Å². The molecule has 84 valence electrons. The van der Waals surface area contributed by atoms with Crippen molar-refractivity contribution in [3.8, 4) is 11.8 Å². The van der Waals surface area contributed by atoms with Crippen LogP contribution in [0.15, 0.2) is 43.0 Å². The molecule has 0 amide bonds. The van der Waals surface area contributed by atoms with Crippen LogP contribution in [0.4, 0.5) is 0 Å². The van der Waals surface area contributed by atoms with Crippen molar-refractivity contribution in [3.05, 3.63) is 48.6 Å². The average Bonchev–Trinajstić information content (AvgIpc) is 2.35. The van der Waals surface area contributed by atoms with Crippen LogP contribution in [0.25, 0.3) is 0 Å². The van der Waals surface area contributed by atoms with Crippen molar-refractivity contribution >= 4 is 0 Å². The predicted molar refractivity (Wildman–Crippen MR) is 70.1 cm³/mol. The Labute approximate surface area is 98.8 Å². The van der Waals surface area contributed by atoms with Crippen LogP contribution in [0.1, 0.15) is 25.5 Å². The lowest BCUT2D eigenvalue weighted by Gasteiger charge is -2.26. The van der Waals surface area contributed by atoms with Crippen LogP contribution in [-0.2, 0) is 0 Å². The van der Waals surface area contributed by atoms with E-state index in [9.17, 15) is 0 Å². The second-order valence-electron chi connectivity index (χ2n) is 3.73. The van der Waals surface area contributed by atoms with Crippen molar-refractivity contribution in [2.45, 2.75) is 19.9 Å². The van der Waals surface area contributed by atoms with Gasteiger partial charge in [0.25, 0.3) is 0 Å². The first-order valence-electron chi connectivity index (χ1n) is 5.59. The van der Waals surface area contributed by atoms with E-state index in [-0.39, 0.29) is 0 Å². The molecule has 1 aromatic rings. The summed E-state index contributed by atoms with van der Waals surface area (Å²) >= 11 is 0. The highest BCUT2D eigenvalue weighted by Crippen LogP contribution is 2.18. The van der Waals surface area contributed by atoms with Gasteiger partial charge in [0.15, 0.2) is 0 Å². The lowest BCUT2D eigenvalue weighted by molar-refractivity contribution is 0.264. The molecule has 1 atom stereocenters. The highest BCUT2D eigenvalue weighted by Gasteiger charge is 2.12. The average molecular weight is 213 g/mol. The largest absolute Gasteiger partial charge is 0.282 e. The van der Waals surface area contributed by atoms with E-state index in [1.807, 2.05) is 19.1 Å². The number of hydrogen-bond acceptors (Lipinski definition) is 1. The molecule has 0 spiro atoms. The Bertz CT molecular complexity index is 369. The molecule has 0 unspecified atom stereocenters. The molecule has 1 nitrogen and oxygen atoms in total. The third-order valence-electron chi connectivity index (χ3n) is 2.65. The van der Waals surface area contributed by atoms with Gasteiger partial charge < -0.3 is 0 Å². The summed E-state index contributed by atoms with van der Waals surface area (Å²) in [5.74, 6) is 6.05. The Kier molecular flexibility index (Phi) is 5.39. The van der Waals surface area contributed by atoms with E-state index in [1.165, 1.54) is 5.56 Å². The summed E-state index contributed by atoms with van der Waals surface area (Å²) in [4.78, 5) is 2.30. The van der Waals surface area contributed by atoms with Crippen LogP contribution in [0, 0.1) is 11.8 Å². The van der Waals surface area contributed by atoms with Gasteiger partial charge in [-0.2, -0.15) is 0 Å². The number of benzene rings is 1. The Morgan fingerprint density at radius 3 is 2.62 bits per heavy atom. The van der Waals surface area contributed by atoms with Crippen LogP contribution in [0.2, 0.25) is 0 Å². The summed E-state index contributed by atoms with van der Waals surface area (Å²) in [5, 5.41) is 0. The molecule has 0 aliphatic heterocycles. The second kappa shape index (κ2) is 6.87. The fraction of sp³-hybridized carbons (Fsp3) is 0.333. The molecule has 0 fully saturated rings. The molecule has 1 heteroatoms. The van der Waals surface area contributed by atoms with Crippen molar-refractivity contribution in [1.82, 2.24) is 4.90 Å². The monoisotopic (exact) mass is 213 g/mol. The van der Waals surface area contributed by atoms with Gasteiger partial charge in [0.05, 0.1) is 6.54 Å². The first-order chi connectivity index (χ1) is 7.79. The molecule has 0 aromatic heterocycles. The van der Waals surface area contributed by atoms with Gasteiger partial charge in [-0.05, 0) is 19.4 Å². The van der Waals surface area contributed by atoms with Crippen LogP contribution in [0.3, 0.4) is 0 Å². The standard InChI is InChI=1S/C15H19N/c1-4-6-13-16(12-5-2)14(3)15-10-8-7-9-11-15/h5,7-11,14H,2,12-13H2,1,3H3/t14-/m0/s1. The van der Waals surface area contributed by atoms with Gasteiger partial charge in [-0.1, -0.05) is 42.3 Å². The number of nitrogens with zero attached hydrogens (tertiary/aromatic N) is 1. The SMILES string of the molecule is C=CCN(CC#CC)[C@@H](C)c1ccccc1. The maximum absolute atomic E-state index is 3.79. The maximum Gasteiger partial charge on any atom is 0.0609 e. The van der Waals surface area contributed by atoms with Gasteiger partial charge in [-0.3, -0.25) is 4.90 Å². The Hall–Kier alpha value is -1.52. The lowest BCUT2D eigenvalue weighted by Crippen LogP contribution is -2.27. The Morgan fingerprint density at radius 2 is 2.06 bits per heavy atom. The van der Waals surface area contributed by atoms with E-state index in [0.29, 0.717) is 6.04 Å². The normalized spacial score (nSPS) is 11.7. The molecule has 0 saturated heterocycles. The summed E-state index contributed by atoms with van der Waals surface area (Å²) in [7, 11) is 0. The molecule has 0 heterocycles. The van der Waals surface area contributed by atoms with E-state index in [1.54, 1.807) is 0 Å². The number of hydrogen-bond donors (Lipinski definition) is 0. The van der Waals surface area contributed by atoms with Crippen LogP contribution < -0.4 is 0 Å². The van der Waals surface area contributed by atoms with Gasteiger partial charge >= 0.3 is 0 Å². The van der Waals surface area contributed by atoms with Gasteiger partial charge in [-0.25, -0.2) is 0 Å². The van der Waals surface area contributed by atoms with E-state index in [2.05, 4.69) is 54.5 Å². The van der Waals surface area contributed by atoms with Crippen molar-refractivity contribution in [1.29, 1.82) is 0 Å². The van der Waals surface area contributed by atoms with Gasteiger partial charge in [0.1, 0.15) is 0 Å². The molecular weight excluding hydrogens is 194 g/mol. The molecule has 1 rings (SSSR count). The minimum absolute atomic E-state index is 0.375. The fourth-order valence-corrected chi connectivity index (χ4v) is 1.65. The molecule has 0 saturated carbocycles. The summed E-state index contributed by atoms with van der Waals surface area (Å²) in [6.07, 6.45) is 1.93. The van der Waals surface area contributed by atoms with Crippen molar-refractivity contribution in [2.75, 3.05) is 13.1 Å². The molecule has 0 bridgehead atoms. The molecule has 0 radical (unpaired) electrons. The zero-order valence-corrected chi connectivity index (χ0v) is 10.1. The Balaban J connectivity index is 2.76. The zero-order valence-electron chi connectivity index (χ0n) is 10.1. The lowest BCUT2D eigenvalue weighted by atomic mass is 10.1. The summed E-state index contributed by atoms with van der Waals surface area (Å²) < 4.78 is 0. The van der Waals surface area contributed by atoms with Gasteiger partial charge in [0, 0.05) is 12.6 Å².